The van der Waals surface area contributed by atoms with Crippen LogP contribution in [-0.2, 0) is 17.4 Å². The van der Waals surface area contributed by atoms with Crippen molar-refractivity contribution in [1.82, 2.24) is 5.32 Å². The molecule has 0 aliphatic carbocycles. The minimum absolute atomic E-state index is 0.371. The molecule has 0 radical (unpaired) electrons. The minimum Gasteiger partial charge on any atom is -0.480 e. The topological polar surface area (TPSA) is 69.6 Å². The average Bonchev–Trinajstić information content (AvgIpc) is 2.58. The van der Waals surface area contributed by atoms with Crippen molar-refractivity contribution >= 4 is 5.97 Å². The number of nitrogens with one attached hydrogen (secondary N) is 1. The van der Waals surface area contributed by atoms with Crippen molar-refractivity contribution in [2.24, 2.45) is 0 Å². The Hall–Kier alpha value is -2.38. The molecular formula is C18H18F3NO3. The van der Waals surface area contributed by atoms with Crippen LogP contribution in [-0.4, -0.2) is 28.8 Å². The van der Waals surface area contributed by atoms with Gasteiger partial charge in [-0.25, -0.2) is 0 Å². The van der Waals surface area contributed by atoms with E-state index < -0.39 is 36.4 Å². The molecule has 3 N–H and O–H groups in total. The van der Waals surface area contributed by atoms with Gasteiger partial charge in [0.05, 0.1) is 12.2 Å². The van der Waals surface area contributed by atoms with Crippen LogP contribution in [0.25, 0.3) is 0 Å². The Morgan fingerprint density at radius 2 is 1.64 bits per heavy atom. The highest BCUT2D eigenvalue weighted by Gasteiger charge is 2.30. The van der Waals surface area contributed by atoms with Gasteiger partial charge in [0, 0.05) is 6.04 Å². The molecule has 0 heterocycles. The number of carboxylic acid groups (broad SMARTS) is 1. The zero-order chi connectivity index (χ0) is 18.4. The van der Waals surface area contributed by atoms with Crippen molar-refractivity contribution in [3.63, 3.8) is 0 Å². The third-order valence-corrected chi connectivity index (χ3v) is 3.81. The first-order valence-corrected chi connectivity index (χ1v) is 7.62. The van der Waals surface area contributed by atoms with Crippen LogP contribution in [0, 0.1) is 0 Å². The molecule has 7 heteroatoms. The molecule has 0 saturated carbocycles. The summed E-state index contributed by atoms with van der Waals surface area (Å²) in [7, 11) is 0. The number of aliphatic hydroxyl groups is 1. The maximum absolute atomic E-state index is 12.7. The van der Waals surface area contributed by atoms with Crippen molar-refractivity contribution in [2.75, 3.05) is 6.61 Å². The zero-order valence-corrected chi connectivity index (χ0v) is 13.2. The lowest BCUT2D eigenvalue weighted by Crippen LogP contribution is -2.42. The molecule has 134 valence electrons. The van der Waals surface area contributed by atoms with Crippen molar-refractivity contribution in [3.8, 4) is 0 Å². The van der Waals surface area contributed by atoms with E-state index in [2.05, 4.69) is 5.32 Å². The molecule has 0 aliphatic heterocycles. The first-order valence-electron chi connectivity index (χ1n) is 7.62. The summed E-state index contributed by atoms with van der Waals surface area (Å²) >= 11 is 0. The normalized spacial score (nSPS) is 14.1. The molecule has 0 aromatic heterocycles. The summed E-state index contributed by atoms with van der Waals surface area (Å²) in [6.07, 6.45) is -4.06. The Labute approximate surface area is 142 Å². The van der Waals surface area contributed by atoms with E-state index in [1.54, 1.807) is 0 Å². The molecule has 1 unspecified atom stereocenters. The van der Waals surface area contributed by atoms with Crippen molar-refractivity contribution in [2.45, 2.75) is 24.7 Å². The molecule has 2 atom stereocenters. The maximum Gasteiger partial charge on any atom is 0.416 e. The second kappa shape index (κ2) is 8.13. The number of halogens is 3. The van der Waals surface area contributed by atoms with Gasteiger partial charge in [-0.05, 0) is 29.7 Å². The molecule has 0 fully saturated rings. The highest BCUT2D eigenvalue weighted by molar-refractivity contribution is 5.73. The molecule has 2 aromatic carbocycles. The van der Waals surface area contributed by atoms with Gasteiger partial charge in [-0.2, -0.15) is 13.2 Å². The molecule has 25 heavy (non-hydrogen) atoms. The number of hydrogen-bond acceptors (Lipinski definition) is 3. The number of aliphatic carboxylic acids is 1. The Kier molecular flexibility index (Phi) is 6.17. The van der Waals surface area contributed by atoms with Crippen LogP contribution in [0.1, 0.15) is 22.7 Å². The maximum atomic E-state index is 12.7. The summed E-state index contributed by atoms with van der Waals surface area (Å²) in [6.45, 7) is -0.624. The van der Waals surface area contributed by atoms with Gasteiger partial charge in [0.2, 0.25) is 0 Å². The third kappa shape index (κ3) is 5.30. The number of hydrogen-bond donors (Lipinski definition) is 3. The Bertz CT molecular complexity index is 687. The summed E-state index contributed by atoms with van der Waals surface area (Å²) in [5.74, 6) is -1.23. The summed E-state index contributed by atoms with van der Waals surface area (Å²) < 4.78 is 38.1. The summed E-state index contributed by atoms with van der Waals surface area (Å²) in [4.78, 5) is 11.2. The third-order valence-electron chi connectivity index (χ3n) is 3.81. The molecule has 0 spiro atoms. The van der Waals surface area contributed by atoms with Crippen LogP contribution in [0.4, 0.5) is 13.2 Å². The standard InChI is InChI=1S/C18H18F3NO3/c19-18(20,21)14-8-6-13(7-9-14)15(22-16(11-23)17(24)25)10-12-4-2-1-3-5-12/h1-9,15-16,22-23H,10-11H2,(H,24,25)/t15?,16-/m0/s1. The monoisotopic (exact) mass is 353 g/mol. The number of benzene rings is 2. The number of aliphatic hydroxyl groups excluding tert-OH is 1. The average molecular weight is 353 g/mol. The molecular weight excluding hydrogens is 335 g/mol. The highest BCUT2D eigenvalue weighted by Crippen LogP contribution is 2.30. The van der Waals surface area contributed by atoms with Crippen LogP contribution >= 0.6 is 0 Å². The summed E-state index contributed by atoms with van der Waals surface area (Å²) in [5, 5.41) is 21.1. The van der Waals surface area contributed by atoms with E-state index >= 15 is 0 Å². The van der Waals surface area contributed by atoms with Gasteiger partial charge in [-0.3, -0.25) is 10.1 Å². The predicted molar refractivity (Wildman–Crippen MR) is 86.0 cm³/mol. The zero-order valence-electron chi connectivity index (χ0n) is 13.2. The fourth-order valence-electron chi connectivity index (χ4n) is 2.47. The van der Waals surface area contributed by atoms with Gasteiger partial charge in [-0.1, -0.05) is 42.5 Å². The number of rotatable bonds is 7. The number of alkyl halides is 3. The van der Waals surface area contributed by atoms with Crippen molar-refractivity contribution in [3.05, 3.63) is 71.3 Å². The van der Waals surface area contributed by atoms with E-state index in [-0.39, 0.29) is 0 Å². The second-order valence-corrected chi connectivity index (χ2v) is 5.60. The molecule has 2 aromatic rings. The Morgan fingerprint density at radius 3 is 2.12 bits per heavy atom. The Morgan fingerprint density at radius 1 is 1.04 bits per heavy atom. The lowest BCUT2D eigenvalue weighted by molar-refractivity contribution is -0.140. The van der Waals surface area contributed by atoms with Gasteiger partial charge < -0.3 is 10.2 Å². The van der Waals surface area contributed by atoms with Gasteiger partial charge in [0.1, 0.15) is 6.04 Å². The fourth-order valence-corrected chi connectivity index (χ4v) is 2.47. The first-order chi connectivity index (χ1) is 11.8. The van der Waals surface area contributed by atoms with Gasteiger partial charge in [0.15, 0.2) is 0 Å². The molecule has 4 nitrogen and oxygen atoms in total. The van der Waals surface area contributed by atoms with E-state index in [0.717, 1.165) is 17.7 Å². The molecule has 2 rings (SSSR count). The molecule has 0 aliphatic rings. The van der Waals surface area contributed by atoms with Gasteiger partial charge in [0.25, 0.3) is 0 Å². The predicted octanol–water partition coefficient (Wildman–Crippen LogP) is 3.02. The van der Waals surface area contributed by atoms with Crippen LogP contribution < -0.4 is 5.32 Å². The lowest BCUT2D eigenvalue weighted by Gasteiger charge is -2.23. The summed E-state index contributed by atoms with van der Waals surface area (Å²) in [5.41, 5.74) is 0.630. The minimum atomic E-state index is -4.43. The van der Waals surface area contributed by atoms with E-state index in [9.17, 15) is 23.1 Å². The smallest absolute Gasteiger partial charge is 0.416 e. The Balaban J connectivity index is 2.28. The van der Waals surface area contributed by atoms with Gasteiger partial charge >= 0.3 is 12.1 Å². The number of carboxylic acids is 1. The van der Waals surface area contributed by atoms with E-state index in [0.29, 0.717) is 12.0 Å². The van der Waals surface area contributed by atoms with E-state index in [4.69, 9.17) is 5.11 Å². The molecule has 0 amide bonds. The molecule has 0 saturated heterocycles. The second-order valence-electron chi connectivity index (χ2n) is 5.60. The first kappa shape index (κ1) is 19.0. The van der Waals surface area contributed by atoms with Crippen LogP contribution in [0.2, 0.25) is 0 Å². The van der Waals surface area contributed by atoms with E-state index in [1.807, 2.05) is 30.3 Å². The van der Waals surface area contributed by atoms with Crippen molar-refractivity contribution < 1.29 is 28.2 Å². The van der Waals surface area contributed by atoms with Crippen LogP contribution in [0.5, 0.6) is 0 Å². The van der Waals surface area contributed by atoms with Gasteiger partial charge in [-0.15, -0.1) is 0 Å². The van der Waals surface area contributed by atoms with E-state index in [1.165, 1.54) is 12.1 Å². The number of carbonyl (C=O) groups is 1. The quantitative estimate of drug-likeness (QED) is 0.716. The largest absolute Gasteiger partial charge is 0.480 e. The lowest BCUT2D eigenvalue weighted by atomic mass is 9.97. The van der Waals surface area contributed by atoms with Crippen LogP contribution in [0.3, 0.4) is 0 Å². The molecule has 0 bridgehead atoms. The highest BCUT2D eigenvalue weighted by atomic mass is 19.4. The van der Waals surface area contributed by atoms with Crippen LogP contribution in [0.15, 0.2) is 54.6 Å². The SMILES string of the molecule is O=C(O)[C@H](CO)NC(Cc1ccccc1)c1ccc(C(F)(F)F)cc1. The summed E-state index contributed by atoms with van der Waals surface area (Å²) in [6, 6.07) is 11.9. The fraction of sp³-hybridized carbons (Fsp3) is 0.278. The van der Waals surface area contributed by atoms with Crippen molar-refractivity contribution in [1.29, 1.82) is 0 Å².